The first-order valence-electron chi connectivity index (χ1n) is 38.3. The molecule has 0 aromatic carbocycles. The first-order chi connectivity index (χ1) is 45.6. The lowest BCUT2D eigenvalue weighted by Crippen LogP contribution is -2.28. The minimum absolute atomic E-state index is 0.0726. The third-order valence-corrected chi connectivity index (χ3v) is 16.2. The van der Waals surface area contributed by atoms with Crippen molar-refractivity contribution in [3.05, 3.63) is 182 Å². The Kier molecular flexibility index (Phi) is 75.9. The number of allylic oxidation sites excluding steroid dienone is 30. The van der Waals surface area contributed by atoms with Crippen LogP contribution in [0.1, 0.15) is 335 Å². The molecule has 1 N–H and O–H groups in total. The molecule has 0 aliphatic heterocycles. The van der Waals surface area contributed by atoms with Crippen molar-refractivity contribution in [2.24, 2.45) is 0 Å². The van der Waals surface area contributed by atoms with Gasteiger partial charge in [0.1, 0.15) is 6.61 Å². The van der Waals surface area contributed by atoms with E-state index in [0.717, 1.165) is 135 Å². The van der Waals surface area contributed by atoms with Crippen LogP contribution >= 0.6 is 0 Å². The number of unbranched alkanes of at least 4 members (excludes halogenated alkanes) is 31. The van der Waals surface area contributed by atoms with Crippen molar-refractivity contribution in [3.63, 3.8) is 0 Å². The van der Waals surface area contributed by atoms with Crippen molar-refractivity contribution in [2.75, 3.05) is 13.2 Å². The predicted molar refractivity (Wildman–Crippen MR) is 407 cm³/mol. The quantitative estimate of drug-likeness (QED) is 0.0373. The van der Waals surface area contributed by atoms with Gasteiger partial charge in [-0.2, -0.15) is 0 Å². The molecule has 0 heterocycles. The molecule has 0 aromatic heterocycles. The van der Waals surface area contributed by atoms with Gasteiger partial charge in [0.05, 0.1) is 6.61 Å². The molecule has 0 fully saturated rings. The van der Waals surface area contributed by atoms with Crippen LogP contribution in [0.15, 0.2) is 182 Å². The standard InChI is InChI=1S/C87H142O5/c1-3-5-7-9-11-13-15-17-19-21-23-25-27-29-31-33-35-37-39-41-43-45-47-49-51-53-55-57-59-61-63-65-67-69-71-73-75-77-79-81-86(89)91-84-85(83-88)92-87(90)82-80-78-76-74-72-70-68-66-64-62-60-58-56-54-52-50-48-46-44-42-40-38-36-34-32-30-28-26-24-22-20-18-16-14-12-10-8-6-4-2/h5-8,11-14,17-20,23-26,29-32,35-38,42,44,48,50,54,56,85,88H,3-4,9-10,15-16,21-22,27-28,33-34,39-41,43,45-47,49,51-53,55,57-84H2,1-2H3/b7-5-,8-6-,13-11-,14-12-,19-17-,20-18-,25-23-,26-24-,31-29-,32-30-,37-35-,38-36-,44-42-,50-48-,56-54-. The molecule has 1 unspecified atom stereocenters. The van der Waals surface area contributed by atoms with Gasteiger partial charge >= 0.3 is 11.9 Å². The smallest absolute Gasteiger partial charge is 0.306 e. The molecule has 0 rings (SSSR count). The fourth-order valence-electron chi connectivity index (χ4n) is 10.6. The highest BCUT2D eigenvalue weighted by Gasteiger charge is 2.16. The van der Waals surface area contributed by atoms with E-state index in [1.165, 1.54) is 173 Å². The molecule has 5 heteroatoms. The number of rotatable bonds is 69. The van der Waals surface area contributed by atoms with E-state index in [-0.39, 0.29) is 25.2 Å². The molecule has 5 nitrogen and oxygen atoms in total. The summed E-state index contributed by atoms with van der Waals surface area (Å²) in [5.41, 5.74) is 0. The highest BCUT2D eigenvalue weighted by molar-refractivity contribution is 5.70. The number of aliphatic hydroxyl groups is 1. The summed E-state index contributed by atoms with van der Waals surface area (Å²) in [6.45, 7) is 3.93. The summed E-state index contributed by atoms with van der Waals surface area (Å²) < 4.78 is 10.8. The van der Waals surface area contributed by atoms with E-state index in [9.17, 15) is 14.7 Å². The van der Waals surface area contributed by atoms with Crippen molar-refractivity contribution in [1.29, 1.82) is 0 Å². The molecule has 520 valence electrons. The molecule has 0 radical (unpaired) electrons. The van der Waals surface area contributed by atoms with Gasteiger partial charge < -0.3 is 14.6 Å². The van der Waals surface area contributed by atoms with Crippen LogP contribution in [0.25, 0.3) is 0 Å². The number of hydrogen-bond acceptors (Lipinski definition) is 5. The third-order valence-electron chi connectivity index (χ3n) is 16.2. The zero-order valence-electron chi connectivity index (χ0n) is 59.7. The summed E-state index contributed by atoms with van der Waals surface area (Å²) in [5.74, 6) is -0.591. The molecule has 92 heavy (non-hydrogen) atoms. The molecule has 0 spiro atoms. The summed E-state index contributed by atoms with van der Waals surface area (Å²) in [6.07, 6.45) is 125. The summed E-state index contributed by atoms with van der Waals surface area (Å²) in [6, 6.07) is 0. The molecular formula is C87H142O5. The topological polar surface area (TPSA) is 72.8 Å². The Balaban J connectivity index is 3.51. The van der Waals surface area contributed by atoms with Gasteiger partial charge in [-0.3, -0.25) is 9.59 Å². The maximum absolute atomic E-state index is 12.4. The number of esters is 2. The van der Waals surface area contributed by atoms with Gasteiger partial charge in [-0.1, -0.05) is 369 Å². The molecule has 0 aromatic rings. The molecule has 0 aliphatic carbocycles. The van der Waals surface area contributed by atoms with Crippen LogP contribution < -0.4 is 0 Å². The third kappa shape index (κ3) is 77.4. The Morgan fingerprint density at radius 2 is 0.435 bits per heavy atom. The number of ether oxygens (including phenoxy) is 2. The van der Waals surface area contributed by atoms with Gasteiger partial charge in [0, 0.05) is 12.8 Å². The van der Waals surface area contributed by atoms with Gasteiger partial charge in [0.2, 0.25) is 0 Å². The molecule has 0 saturated carbocycles. The maximum atomic E-state index is 12.4. The number of carbonyl (C=O) groups is 2. The Morgan fingerprint density at radius 3 is 0.652 bits per heavy atom. The number of hydrogen-bond donors (Lipinski definition) is 1. The van der Waals surface area contributed by atoms with Crippen LogP contribution in [0.2, 0.25) is 0 Å². The average Bonchev–Trinajstić information content (AvgIpc) is 3.75. The monoisotopic (exact) mass is 1270 g/mol. The van der Waals surface area contributed by atoms with Crippen LogP contribution in [0.5, 0.6) is 0 Å². The molecule has 0 amide bonds. The second-order valence-electron chi connectivity index (χ2n) is 25.0. The minimum Gasteiger partial charge on any atom is -0.462 e. The van der Waals surface area contributed by atoms with Crippen molar-refractivity contribution >= 4 is 11.9 Å². The van der Waals surface area contributed by atoms with E-state index in [2.05, 4.69) is 196 Å². The molecule has 0 saturated heterocycles. The van der Waals surface area contributed by atoms with Gasteiger partial charge in [-0.25, -0.2) is 0 Å². The summed E-state index contributed by atoms with van der Waals surface area (Å²) in [7, 11) is 0. The Bertz CT molecular complexity index is 2020. The molecule has 1 atom stereocenters. The van der Waals surface area contributed by atoms with E-state index in [4.69, 9.17) is 9.47 Å². The molecule has 0 bridgehead atoms. The SMILES string of the molecule is CC/C=C\C/C=C\C/C=C\C/C=C\C/C=C\C/C=C\C/C=C\C/C=C\C/C=C\CCCCCCCCCCCCCC(=O)OC(CO)COC(=O)CCCCCCCCCCCCCCCCCCCCCC/C=C\C/C=C\C/C=C\C/C=C\C/C=C\C/C=C\CC. The number of aliphatic hydroxyl groups excluding tert-OH is 1. The van der Waals surface area contributed by atoms with Crippen molar-refractivity contribution in [1.82, 2.24) is 0 Å². The van der Waals surface area contributed by atoms with Crippen LogP contribution in [-0.4, -0.2) is 36.4 Å². The van der Waals surface area contributed by atoms with Crippen LogP contribution in [0.4, 0.5) is 0 Å². The van der Waals surface area contributed by atoms with E-state index in [1.54, 1.807) is 0 Å². The first kappa shape index (κ1) is 87.0. The van der Waals surface area contributed by atoms with E-state index < -0.39 is 6.10 Å². The van der Waals surface area contributed by atoms with Gasteiger partial charge in [-0.05, 0) is 135 Å². The number of carbonyl (C=O) groups excluding carboxylic acids is 2. The second kappa shape index (κ2) is 80.2. The Morgan fingerprint density at radius 1 is 0.250 bits per heavy atom. The minimum atomic E-state index is -0.785. The Hall–Kier alpha value is -5.00. The molecule has 0 aliphatic rings. The molecular weight excluding hydrogens is 1120 g/mol. The first-order valence-corrected chi connectivity index (χ1v) is 38.3. The van der Waals surface area contributed by atoms with Crippen molar-refractivity contribution < 1.29 is 24.2 Å². The lowest BCUT2D eigenvalue weighted by Gasteiger charge is -2.15. The second-order valence-corrected chi connectivity index (χ2v) is 25.0. The Labute approximate surface area is 569 Å². The normalized spacial score (nSPS) is 13.3. The van der Waals surface area contributed by atoms with Gasteiger partial charge in [0.15, 0.2) is 6.10 Å². The fourth-order valence-corrected chi connectivity index (χ4v) is 10.6. The van der Waals surface area contributed by atoms with E-state index in [1.807, 2.05) is 0 Å². The van der Waals surface area contributed by atoms with Crippen LogP contribution in [0.3, 0.4) is 0 Å². The highest BCUT2D eigenvalue weighted by Crippen LogP contribution is 2.17. The summed E-state index contributed by atoms with van der Waals surface area (Å²) in [5, 5.41) is 9.73. The maximum Gasteiger partial charge on any atom is 0.306 e. The van der Waals surface area contributed by atoms with Crippen LogP contribution in [0, 0.1) is 0 Å². The zero-order valence-corrected chi connectivity index (χ0v) is 59.7. The lowest BCUT2D eigenvalue weighted by atomic mass is 10.0. The van der Waals surface area contributed by atoms with Crippen molar-refractivity contribution in [2.45, 2.75) is 341 Å². The average molecular weight is 1270 g/mol. The van der Waals surface area contributed by atoms with E-state index >= 15 is 0 Å². The van der Waals surface area contributed by atoms with E-state index in [0.29, 0.717) is 12.8 Å². The lowest BCUT2D eigenvalue weighted by molar-refractivity contribution is -0.161. The zero-order chi connectivity index (χ0) is 66.1. The highest BCUT2D eigenvalue weighted by atomic mass is 16.6. The van der Waals surface area contributed by atoms with Crippen LogP contribution in [-0.2, 0) is 19.1 Å². The van der Waals surface area contributed by atoms with Gasteiger partial charge in [-0.15, -0.1) is 0 Å². The largest absolute Gasteiger partial charge is 0.462 e. The van der Waals surface area contributed by atoms with Crippen molar-refractivity contribution in [3.8, 4) is 0 Å². The predicted octanol–water partition coefficient (Wildman–Crippen LogP) is 27.3. The summed E-state index contributed by atoms with van der Waals surface area (Å²) >= 11 is 0. The van der Waals surface area contributed by atoms with Gasteiger partial charge in [0.25, 0.3) is 0 Å². The summed E-state index contributed by atoms with van der Waals surface area (Å²) in [4.78, 5) is 24.7. The fraction of sp³-hybridized carbons (Fsp3) is 0.632.